The van der Waals surface area contributed by atoms with Gasteiger partial charge in [-0.05, 0) is 5.56 Å². The number of phenolic OH excluding ortho intramolecular Hbond substituents is 1. The number of phenols is 1. The summed E-state index contributed by atoms with van der Waals surface area (Å²) < 4.78 is 11.2. The SMILES string of the molecule is O=C(COc1cc(O)c2c(=O)cc(-c3ccccc3)oc2c1)NC(Cc1ccccc1)C(=O)O. The molecule has 3 N–H and O–H groups in total. The molecule has 3 aromatic carbocycles. The highest BCUT2D eigenvalue weighted by atomic mass is 16.5. The minimum atomic E-state index is -1.17. The van der Waals surface area contributed by atoms with Crippen LogP contribution in [0, 0.1) is 0 Å². The third-order valence-corrected chi connectivity index (χ3v) is 5.13. The molecule has 1 unspecified atom stereocenters. The number of carboxylic acid groups (broad SMARTS) is 1. The van der Waals surface area contributed by atoms with Crippen LogP contribution in [-0.4, -0.2) is 34.7 Å². The van der Waals surface area contributed by atoms with E-state index in [-0.39, 0.29) is 28.9 Å². The van der Waals surface area contributed by atoms with Gasteiger partial charge in [0.2, 0.25) is 0 Å². The fraction of sp³-hybridized carbons (Fsp3) is 0.115. The first-order chi connectivity index (χ1) is 16.4. The van der Waals surface area contributed by atoms with Crippen molar-refractivity contribution in [3.05, 3.63) is 94.6 Å². The van der Waals surface area contributed by atoms with Crippen LogP contribution in [0.5, 0.6) is 11.5 Å². The number of ether oxygens (including phenoxy) is 1. The van der Waals surface area contributed by atoms with Gasteiger partial charge in [-0.1, -0.05) is 60.7 Å². The Balaban J connectivity index is 1.49. The Morgan fingerprint density at radius 3 is 2.32 bits per heavy atom. The van der Waals surface area contributed by atoms with Crippen molar-refractivity contribution in [2.45, 2.75) is 12.5 Å². The Hall–Kier alpha value is -4.59. The third-order valence-electron chi connectivity index (χ3n) is 5.13. The Kier molecular flexibility index (Phi) is 6.59. The van der Waals surface area contributed by atoms with Gasteiger partial charge in [-0.2, -0.15) is 0 Å². The lowest BCUT2D eigenvalue weighted by atomic mass is 10.1. The van der Waals surface area contributed by atoms with Crippen molar-refractivity contribution in [1.82, 2.24) is 5.32 Å². The molecular formula is C26H21NO7. The highest BCUT2D eigenvalue weighted by Crippen LogP contribution is 2.31. The molecular weight excluding hydrogens is 438 g/mol. The molecule has 1 heterocycles. The van der Waals surface area contributed by atoms with Gasteiger partial charge in [0, 0.05) is 30.2 Å². The highest BCUT2D eigenvalue weighted by Gasteiger charge is 2.21. The van der Waals surface area contributed by atoms with Crippen LogP contribution < -0.4 is 15.5 Å². The molecule has 0 aliphatic heterocycles. The molecule has 0 bridgehead atoms. The number of fused-ring (bicyclic) bond motifs is 1. The van der Waals surface area contributed by atoms with E-state index in [9.17, 15) is 24.6 Å². The number of amides is 1. The van der Waals surface area contributed by atoms with Crippen LogP contribution >= 0.6 is 0 Å². The van der Waals surface area contributed by atoms with E-state index in [0.29, 0.717) is 11.3 Å². The normalized spacial score (nSPS) is 11.6. The molecule has 0 saturated carbocycles. The average Bonchev–Trinajstić information content (AvgIpc) is 2.83. The van der Waals surface area contributed by atoms with E-state index in [0.717, 1.165) is 5.56 Å². The van der Waals surface area contributed by atoms with Crippen LogP contribution in [0.3, 0.4) is 0 Å². The summed E-state index contributed by atoms with van der Waals surface area (Å²) in [5.41, 5.74) is 1.12. The summed E-state index contributed by atoms with van der Waals surface area (Å²) in [4.78, 5) is 36.4. The van der Waals surface area contributed by atoms with Crippen molar-refractivity contribution in [3.8, 4) is 22.8 Å². The number of hydrogen-bond donors (Lipinski definition) is 3. The topological polar surface area (TPSA) is 126 Å². The van der Waals surface area contributed by atoms with E-state index >= 15 is 0 Å². The van der Waals surface area contributed by atoms with Gasteiger partial charge >= 0.3 is 5.97 Å². The zero-order valence-electron chi connectivity index (χ0n) is 17.9. The lowest BCUT2D eigenvalue weighted by molar-refractivity contribution is -0.142. The first-order valence-corrected chi connectivity index (χ1v) is 10.5. The predicted octanol–water partition coefficient (Wildman–Crippen LogP) is 3.36. The summed E-state index contributed by atoms with van der Waals surface area (Å²) in [6, 6.07) is 20.7. The Morgan fingerprint density at radius 2 is 1.65 bits per heavy atom. The van der Waals surface area contributed by atoms with Crippen molar-refractivity contribution in [2.24, 2.45) is 0 Å². The van der Waals surface area contributed by atoms with Gasteiger partial charge in [0.05, 0.1) is 0 Å². The number of carboxylic acids is 1. The zero-order valence-corrected chi connectivity index (χ0v) is 17.9. The van der Waals surface area contributed by atoms with Gasteiger partial charge in [-0.25, -0.2) is 4.79 Å². The van der Waals surface area contributed by atoms with Crippen molar-refractivity contribution in [3.63, 3.8) is 0 Å². The molecule has 0 radical (unpaired) electrons. The maximum Gasteiger partial charge on any atom is 0.326 e. The second-order valence-electron chi connectivity index (χ2n) is 7.59. The number of hydrogen-bond acceptors (Lipinski definition) is 6. The number of nitrogens with one attached hydrogen (secondary N) is 1. The second kappa shape index (κ2) is 9.91. The molecule has 0 fully saturated rings. The maximum absolute atomic E-state index is 12.5. The molecule has 1 amide bonds. The molecule has 1 atom stereocenters. The summed E-state index contributed by atoms with van der Waals surface area (Å²) in [6.45, 7) is -0.494. The monoisotopic (exact) mass is 459 g/mol. The van der Waals surface area contributed by atoms with Crippen molar-refractivity contribution in [2.75, 3.05) is 6.61 Å². The fourth-order valence-electron chi connectivity index (χ4n) is 3.51. The lowest BCUT2D eigenvalue weighted by Gasteiger charge is -2.15. The molecule has 0 spiro atoms. The third kappa shape index (κ3) is 5.24. The first-order valence-electron chi connectivity index (χ1n) is 10.5. The van der Waals surface area contributed by atoms with Gasteiger partial charge in [0.1, 0.15) is 34.3 Å². The van der Waals surface area contributed by atoms with Crippen molar-refractivity contribution >= 4 is 22.8 Å². The van der Waals surface area contributed by atoms with Gasteiger partial charge in [-0.3, -0.25) is 9.59 Å². The number of aromatic hydroxyl groups is 1. The first kappa shape index (κ1) is 22.6. The zero-order chi connectivity index (χ0) is 24.1. The fourth-order valence-corrected chi connectivity index (χ4v) is 3.51. The number of carbonyl (C=O) groups excluding carboxylic acids is 1. The van der Waals surface area contributed by atoms with E-state index in [1.807, 2.05) is 12.1 Å². The lowest BCUT2D eigenvalue weighted by Crippen LogP contribution is -2.44. The number of aliphatic carboxylic acids is 1. The Bertz CT molecular complexity index is 1380. The van der Waals surface area contributed by atoms with Crippen LogP contribution in [0.4, 0.5) is 0 Å². The summed E-state index contributed by atoms with van der Waals surface area (Å²) in [7, 11) is 0. The van der Waals surface area contributed by atoms with Gasteiger partial charge in [-0.15, -0.1) is 0 Å². The molecule has 0 saturated heterocycles. The molecule has 1 aromatic heterocycles. The molecule has 0 aliphatic carbocycles. The molecule has 172 valence electrons. The number of rotatable bonds is 8. The molecule has 4 aromatic rings. The highest BCUT2D eigenvalue weighted by molar-refractivity contribution is 5.87. The van der Waals surface area contributed by atoms with Crippen LogP contribution in [0.25, 0.3) is 22.3 Å². The summed E-state index contributed by atoms with van der Waals surface area (Å²) >= 11 is 0. The molecule has 8 nitrogen and oxygen atoms in total. The maximum atomic E-state index is 12.5. The molecule has 4 rings (SSSR count). The second-order valence-corrected chi connectivity index (χ2v) is 7.59. The minimum Gasteiger partial charge on any atom is -0.507 e. The summed E-state index contributed by atoms with van der Waals surface area (Å²) in [6.07, 6.45) is 0.117. The smallest absolute Gasteiger partial charge is 0.326 e. The van der Waals surface area contributed by atoms with Gasteiger partial charge in [0.15, 0.2) is 12.0 Å². The minimum absolute atomic E-state index is 0.00900. The Morgan fingerprint density at radius 1 is 0.971 bits per heavy atom. The van der Waals surface area contributed by atoms with Crippen LogP contribution in [-0.2, 0) is 16.0 Å². The molecule has 8 heteroatoms. The molecule has 0 aliphatic rings. The standard InChI is InChI=1S/C26H21NO7/c28-20-12-18(13-23-25(20)21(29)14-22(34-23)17-9-5-2-6-10-17)33-15-24(30)27-19(26(31)32)11-16-7-3-1-4-8-16/h1-10,12-14,19,28H,11,15H2,(H,27,30)(H,31,32). The Labute approximate surface area is 194 Å². The van der Waals surface area contributed by atoms with Crippen LogP contribution in [0.1, 0.15) is 5.56 Å². The van der Waals surface area contributed by atoms with Crippen molar-refractivity contribution < 1.29 is 29.0 Å². The number of benzene rings is 3. The quantitative estimate of drug-likeness (QED) is 0.369. The van der Waals surface area contributed by atoms with Gasteiger partial charge < -0.3 is 24.7 Å². The van der Waals surface area contributed by atoms with E-state index < -0.39 is 30.0 Å². The van der Waals surface area contributed by atoms with E-state index in [1.54, 1.807) is 48.5 Å². The van der Waals surface area contributed by atoms with Crippen LogP contribution in [0.15, 0.2) is 88.1 Å². The van der Waals surface area contributed by atoms with Crippen LogP contribution in [0.2, 0.25) is 0 Å². The van der Waals surface area contributed by atoms with E-state index in [2.05, 4.69) is 5.32 Å². The van der Waals surface area contributed by atoms with Gasteiger partial charge in [0.25, 0.3) is 5.91 Å². The average molecular weight is 459 g/mol. The molecule has 34 heavy (non-hydrogen) atoms. The predicted molar refractivity (Wildman–Crippen MR) is 125 cm³/mol. The summed E-state index contributed by atoms with van der Waals surface area (Å²) in [5.74, 6) is -1.77. The largest absolute Gasteiger partial charge is 0.507 e. The van der Waals surface area contributed by atoms with E-state index in [1.165, 1.54) is 18.2 Å². The van der Waals surface area contributed by atoms with E-state index in [4.69, 9.17) is 9.15 Å². The number of carbonyl (C=O) groups is 2. The summed E-state index contributed by atoms with van der Waals surface area (Å²) in [5, 5.41) is 22.2. The van der Waals surface area contributed by atoms with Crippen molar-refractivity contribution in [1.29, 1.82) is 0 Å².